The minimum atomic E-state index is -0.380. The van der Waals surface area contributed by atoms with Crippen molar-refractivity contribution >= 4 is 37.9 Å². The fourth-order valence-corrected chi connectivity index (χ4v) is 2.11. The molecular formula is C11H6BrN3O. The smallest absolute Gasteiger partial charge is 0.290 e. The molecule has 2 aromatic heterocycles. The Morgan fingerprint density at radius 1 is 1.31 bits per heavy atom. The number of nitrogens with one attached hydrogen (secondary N) is 1. The molecule has 2 heterocycles. The zero-order valence-corrected chi connectivity index (χ0v) is 9.65. The lowest BCUT2D eigenvalue weighted by Crippen LogP contribution is -2.09. The number of hydrogen-bond acceptors (Lipinski definition) is 3. The number of benzene rings is 1. The third-order valence-corrected chi connectivity index (χ3v) is 3.07. The van der Waals surface area contributed by atoms with Gasteiger partial charge in [0.25, 0.3) is 0 Å². The lowest BCUT2D eigenvalue weighted by molar-refractivity contribution is 1.10. The third kappa shape index (κ3) is 1.40. The van der Waals surface area contributed by atoms with Gasteiger partial charge in [-0.3, -0.25) is 4.98 Å². The van der Waals surface area contributed by atoms with Crippen LogP contribution in [-0.2, 0) is 0 Å². The van der Waals surface area contributed by atoms with Gasteiger partial charge >= 0.3 is 5.69 Å². The van der Waals surface area contributed by atoms with Crippen molar-refractivity contribution in [1.29, 1.82) is 0 Å². The van der Waals surface area contributed by atoms with Crippen LogP contribution in [0.15, 0.2) is 39.7 Å². The second-order valence-electron chi connectivity index (χ2n) is 3.42. The molecule has 0 saturated carbocycles. The van der Waals surface area contributed by atoms with E-state index < -0.39 is 0 Å². The Hall–Kier alpha value is -1.75. The Kier molecular flexibility index (Phi) is 2.00. The van der Waals surface area contributed by atoms with Crippen molar-refractivity contribution in [2.75, 3.05) is 0 Å². The molecule has 0 aliphatic rings. The van der Waals surface area contributed by atoms with Gasteiger partial charge in [0.05, 0.1) is 5.52 Å². The van der Waals surface area contributed by atoms with E-state index in [9.17, 15) is 4.79 Å². The highest BCUT2D eigenvalue weighted by Crippen LogP contribution is 2.24. The first-order valence-electron chi connectivity index (χ1n) is 4.68. The Morgan fingerprint density at radius 2 is 2.19 bits per heavy atom. The van der Waals surface area contributed by atoms with Crippen LogP contribution in [-0.4, -0.2) is 15.0 Å². The average Bonchev–Trinajstić information content (AvgIpc) is 2.27. The molecule has 3 aromatic rings. The van der Waals surface area contributed by atoms with Gasteiger partial charge in [0.15, 0.2) is 0 Å². The number of nitrogens with zero attached hydrogens (tertiary/aromatic N) is 2. The van der Waals surface area contributed by atoms with Crippen molar-refractivity contribution in [3.8, 4) is 0 Å². The zero-order chi connectivity index (χ0) is 11.1. The summed E-state index contributed by atoms with van der Waals surface area (Å²) in [7, 11) is 0. The van der Waals surface area contributed by atoms with Crippen LogP contribution >= 0.6 is 15.9 Å². The van der Waals surface area contributed by atoms with Gasteiger partial charge < -0.3 is 0 Å². The molecule has 0 fully saturated rings. The Bertz CT molecular complexity index is 751. The van der Waals surface area contributed by atoms with Crippen LogP contribution in [0.4, 0.5) is 0 Å². The number of rotatable bonds is 0. The Balaban J connectivity index is 2.53. The summed E-state index contributed by atoms with van der Waals surface area (Å²) in [5.74, 6) is 0. The molecule has 0 aliphatic carbocycles. The number of pyridine rings is 1. The highest BCUT2D eigenvalue weighted by molar-refractivity contribution is 9.10. The number of halogens is 1. The molecule has 0 unspecified atom stereocenters. The van der Waals surface area contributed by atoms with Crippen LogP contribution in [0.5, 0.6) is 0 Å². The lowest BCUT2D eigenvalue weighted by Gasteiger charge is -2.01. The molecule has 5 heteroatoms. The minimum Gasteiger partial charge on any atom is -0.290 e. The highest BCUT2D eigenvalue weighted by Gasteiger charge is 2.03. The number of aromatic nitrogens is 3. The number of hydrogen-bond donors (Lipinski definition) is 1. The van der Waals surface area contributed by atoms with Gasteiger partial charge in [0.2, 0.25) is 0 Å². The van der Waals surface area contributed by atoms with Crippen LogP contribution in [0.3, 0.4) is 0 Å². The van der Waals surface area contributed by atoms with Gasteiger partial charge in [-0.05, 0) is 18.2 Å². The average molecular weight is 276 g/mol. The summed E-state index contributed by atoms with van der Waals surface area (Å²) in [4.78, 5) is 21.7. The number of fused-ring (bicyclic) bond motifs is 2. The predicted molar refractivity (Wildman–Crippen MR) is 65.4 cm³/mol. The standard InChI is InChI=1S/C11H6BrN3O/c12-8-2-1-3-9-7(8)4-6-5-13-11(16)15-10(6)14-9/h1-5H,(H,13,14,15,16). The maximum absolute atomic E-state index is 11.1. The molecule has 4 nitrogen and oxygen atoms in total. The molecule has 1 N–H and O–H groups in total. The summed E-state index contributed by atoms with van der Waals surface area (Å²) in [5, 5.41) is 1.82. The van der Waals surface area contributed by atoms with Gasteiger partial charge in [0, 0.05) is 21.4 Å². The van der Waals surface area contributed by atoms with Gasteiger partial charge in [-0.1, -0.05) is 22.0 Å². The van der Waals surface area contributed by atoms with Gasteiger partial charge in [-0.25, -0.2) is 14.8 Å². The summed E-state index contributed by atoms with van der Waals surface area (Å²) in [6.07, 6.45) is 1.53. The van der Waals surface area contributed by atoms with Crippen molar-refractivity contribution in [2.24, 2.45) is 0 Å². The molecule has 0 amide bonds. The number of aromatic amines is 1. The maximum Gasteiger partial charge on any atom is 0.346 e. The fourth-order valence-electron chi connectivity index (χ4n) is 1.64. The topological polar surface area (TPSA) is 58.6 Å². The second-order valence-corrected chi connectivity index (χ2v) is 4.28. The highest BCUT2D eigenvalue weighted by atomic mass is 79.9. The summed E-state index contributed by atoms with van der Waals surface area (Å²) in [5.41, 5.74) is 1.02. The third-order valence-electron chi connectivity index (χ3n) is 2.38. The van der Waals surface area contributed by atoms with Crippen molar-refractivity contribution < 1.29 is 0 Å². The molecule has 1 aromatic carbocycles. The van der Waals surface area contributed by atoms with E-state index in [1.807, 2.05) is 24.3 Å². The van der Waals surface area contributed by atoms with E-state index in [0.29, 0.717) is 5.65 Å². The first kappa shape index (κ1) is 9.47. The van der Waals surface area contributed by atoms with E-state index >= 15 is 0 Å². The van der Waals surface area contributed by atoms with Crippen LogP contribution < -0.4 is 5.69 Å². The molecule has 16 heavy (non-hydrogen) atoms. The molecule has 0 bridgehead atoms. The van der Waals surface area contributed by atoms with Crippen molar-refractivity contribution in [3.05, 3.63) is 45.4 Å². The zero-order valence-electron chi connectivity index (χ0n) is 8.07. The monoisotopic (exact) mass is 275 g/mol. The van der Waals surface area contributed by atoms with E-state index in [4.69, 9.17) is 0 Å². The summed E-state index contributed by atoms with van der Waals surface area (Å²) >= 11 is 3.46. The van der Waals surface area contributed by atoms with Crippen molar-refractivity contribution in [1.82, 2.24) is 15.0 Å². The van der Waals surface area contributed by atoms with Gasteiger partial charge in [-0.15, -0.1) is 0 Å². The normalized spacial score (nSPS) is 11.1. The maximum atomic E-state index is 11.1. The Labute approximate surface area is 98.5 Å². The lowest BCUT2D eigenvalue weighted by atomic mass is 10.2. The molecular weight excluding hydrogens is 270 g/mol. The number of H-pyrrole nitrogens is 1. The molecule has 0 radical (unpaired) electrons. The molecule has 0 saturated heterocycles. The molecule has 0 spiro atoms. The molecule has 78 valence electrons. The van der Waals surface area contributed by atoms with Gasteiger partial charge in [-0.2, -0.15) is 0 Å². The molecule has 0 aliphatic heterocycles. The Morgan fingerprint density at radius 3 is 3.06 bits per heavy atom. The minimum absolute atomic E-state index is 0.380. The summed E-state index contributed by atoms with van der Waals surface area (Å²) in [6.45, 7) is 0. The predicted octanol–water partition coefficient (Wildman–Crippen LogP) is 2.23. The van der Waals surface area contributed by atoms with E-state index in [1.165, 1.54) is 6.20 Å². The van der Waals surface area contributed by atoms with Gasteiger partial charge in [0.1, 0.15) is 5.65 Å². The van der Waals surface area contributed by atoms with E-state index in [2.05, 4.69) is 30.9 Å². The van der Waals surface area contributed by atoms with Crippen LogP contribution in [0, 0.1) is 0 Å². The van der Waals surface area contributed by atoms with Crippen LogP contribution in [0.1, 0.15) is 0 Å². The van der Waals surface area contributed by atoms with Crippen LogP contribution in [0.25, 0.3) is 21.9 Å². The SMILES string of the molecule is O=c1ncc2cc3c(Br)cccc3nc2[nH]1. The quantitative estimate of drug-likeness (QED) is 0.640. The summed E-state index contributed by atoms with van der Waals surface area (Å²) in [6, 6.07) is 7.71. The summed E-state index contributed by atoms with van der Waals surface area (Å²) < 4.78 is 0.977. The van der Waals surface area contributed by atoms with E-state index in [-0.39, 0.29) is 5.69 Å². The van der Waals surface area contributed by atoms with Crippen LogP contribution in [0.2, 0.25) is 0 Å². The fraction of sp³-hybridized carbons (Fsp3) is 0. The first-order chi connectivity index (χ1) is 7.74. The van der Waals surface area contributed by atoms with E-state index in [1.54, 1.807) is 0 Å². The molecule has 3 rings (SSSR count). The van der Waals surface area contributed by atoms with Crippen molar-refractivity contribution in [3.63, 3.8) is 0 Å². The largest absolute Gasteiger partial charge is 0.346 e. The first-order valence-corrected chi connectivity index (χ1v) is 5.48. The second kappa shape index (κ2) is 3.38. The van der Waals surface area contributed by atoms with Crippen molar-refractivity contribution in [2.45, 2.75) is 0 Å². The van der Waals surface area contributed by atoms with E-state index in [0.717, 1.165) is 20.8 Å². The molecule has 0 atom stereocenters.